The predicted octanol–water partition coefficient (Wildman–Crippen LogP) is 1.88. The summed E-state index contributed by atoms with van der Waals surface area (Å²) < 4.78 is 7.19. The second-order valence-electron chi connectivity index (χ2n) is 6.76. The number of piperidine rings is 1. The van der Waals surface area contributed by atoms with Crippen LogP contribution in [0.2, 0.25) is 0 Å². The molecule has 1 unspecified atom stereocenters. The Bertz CT molecular complexity index is 884. The third-order valence-corrected chi connectivity index (χ3v) is 5.49. The largest absolute Gasteiger partial charge is 0.484 e. The highest BCUT2D eigenvalue weighted by molar-refractivity contribution is 7.09. The van der Waals surface area contributed by atoms with E-state index in [-0.39, 0.29) is 18.6 Å². The lowest BCUT2D eigenvalue weighted by molar-refractivity contribution is -0.124. The second kappa shape index (κ2) is 8.94. The minimum atomic E-state index is -0.101. The molecule has 1 fully saturated rings. The number of hydrogen-bond acceptors (Lipinski definition) is 7. The summed E-state index contributed by atoms with van der Waals surface area (Å²) in [7, 11) is 0. The van der Waals surface area contributed by atoms with Crippen LogP contribution in [0.1, 0.15) is 17.7 Å². The summed E-state index contributed by atoms with van der Waals surface area (Å²) in [6.07, 6.45) is 3.60. The Morgan fingerprint density at radius 1 is 1.32 bits per heavy atom. The fraction of sp³-hybridized carbons (Fsp3) is 0.368. The number of tetrazole rings is 1. The van der Waals surface area contributed by atoms with Gasteiger partial charge in [-0.25, -0.2) is 4.68 Å². The molecule has 1 N–H and O–H groups in total. The van der Waals surface area contributed by atoms with Crippen LogP contribution in [0.3, 0.4) is 0 Å². The minimum absolute atomic E-state index is 0.0134. The van der Waals surface area contributed by atoms with Crippen LogP contribution < -0.4 is 10.1 Å². The SMILES string of the molecule is O=C(COc1cccc(-n2cnnn2)c1)NC1CCCN(Cc2cccs2)C1. The molecule has 2 aromatic heterocycles. The second-order valence-corrected chi connectivity index (χ2v) is 7.79. The molecular formula is C19H22N6O2S. The Kier molecular flexibility index (Phi) is 5.93. The van der Waals surface area contributed by atoms with E-state index in [9.17, 15) is 4.79 Å². The lowest BCUT2D eigenvalue weighted by atomic mass is 10.1. The van der Waals surface area contributed by atoms with Crippen LogP contribution in [0.25, 0.3) is 5.69 Å². The number of thiophene rings is 1. The molecule has 28 heavy (non-hydrogen) atoms. The van der Waals surface area contributed by atoms with E-state index < -0.39 is 0 Å². The number of amides is 1. The highest BCUT2D eigenvalue weighted by Gasteiger charge is 2.21. The van der Waals surface area contributed by atoms with Crippen molar-refractivity contribution in [1.82, 2.24) is 30.4 Å². The number of rotatable bonds is 7. The summed E-state index contributed by atoms with van der Waals surface area (Å²) in [5.41, 5.74) is 0.777. The molecule has 1 amide bonds. The fourth-order valence-electron chi connectivity index (χ4n) is 3.35. The molecule has 0 spiro atoms. The average Bonchev–Trinajstić information content (AvgIpc) is 3.41. The summed E-state index contributed by atoms with van der Waals surface area (Å²) in [6.45, 7) is 2.88. The molecule has 1 aliphatic heterocycles. The van der Waals surface area contributed by atoms with E-state index >= 15 is 0 Å². The zero-order valence-electron chi connectivity index (χ0n) is 15.4. The zero-order valence-corrected chi connectivity index (χ0v) is 16.2. The number of ether oxygens (including phenoxy) is 1. The first-order valence-corrected chi connectivity index (χ1v) is 10.1. The van der Waals surface area contributed by atoms with Gasteiger partial charge in [-0.3, -0.25) is 9.69 Å². The molecule has 9 heteroatoms. The van der Waals surface area contributed by atoms with Gasteiger partial charge >= 0.3 is 0 Å². The van der Waals surface area contributed by atoms with E-state index in [1.54, 1.807) is 17.4 Å². The zero-order chi connectivity index (χ0) is 19.2. The first-order chi connectivity index (χ1) is 13.8. The van der Waals surface area contributed by atoms with Crippen molar-refractivity contribution in [3.8, 4) is 11.4 Å². The molecule has 1 aliphatic rings. The van der Waals surface area contributed by atoms with Gasteiger partial charge in [0.05, 0.1) is 5.69 Å². The molecule has 4 rings (SSSR count). The lowest BCUT2D eigenvalue weighted by Crippen LogP contribution is -2.48. The van der Waals surface area contributed by atoms with Gasteiger partial charge in [0.15, 0.2) is 6.61 Å². The Balaban J connectivity index is 1.26. The number of likely N-dealkylation sites (tertiary alicyclic amines) is 1. The molecule has 0 aliphatic carbocycles. The van der Waals surface area contributed by atoms with Gasteiger partial charge in [0.2, 0.25) is 0 Å². The Morgan fingerprint density at radius 3 is 3.11 bits per heavy atom. The molecule has 8 nitrogen and oxygen atoms in total. The number of carbonyl (C=O) groups is 1. The number of carbonyl (C=O) groups excluding carboxylic acids is 1. The molecule has 0 radical (unpaired) electrons. The van der Waals surface area contributed by atoms with Crippen molar-refractivity contribution in [3.05, 3.63) is 53.0 Å². The van der Waals surface area contributed by atoms with Gasteiger partial charge in [-0.15, -0.1) is 16.4 Å². The van der Waals surface area contributed by atoms with Gasteiger partial charge in [-0.1, -0.05) is 12.1 Å². The molecule has 3 heterocycles. The number of aromatic nitrogens is 4. The van der Waals surface area contributed by atoms with Gasteiger partial charge < -0.3 is 10.1 Å². The summed E-state index contributed by atoms with van der Waals surface area (Å²) >= 11 is 1.77. The summed E-state index contributed by atoms with van der Waals surface area (Å²) in [5, 5.41) is 16.3. The summed E-state index contributed by atoms with van der Waals surface area (Å²) in [5.74, 6) is 0.502. The highest BCUT2D eigenvalue weighted by atomic mass is 32.1. The molecule has 146 valence electrons. The maximum atomic E-state index is 12.3. The van der Waals surface area contributed by atoms with Crippen LogP contribution in [0, 0.1) is 0 Å². The van der Waals surface area contributed by atoms with Gasteiger partial charge in [0.1, 0.15) is 12.1 Å². The third-order valence-electron chi connectivity index (χ3n) is 4.63. The van der Waals surface area contributed by atoms with E-state index in [4.69, 9.17) is 4.74 Å². The maximum Gasteiger partial charge on any atom is 0.258 e. The fourth-order valence-corrected chi connectivity index (χ4v) is 4.10. The molecule has 0 bridgehead atoms. The Labute approximate surface area is 167 Å². The van der Waals surface area contributed by atoms with Crippen molar-refractivity contribution in [1.29, 1.82) is 0 Å². The first-order valence-electron chi connectivity index (χ1n) is 9.26. The summed E-state index contributed by atoms with van der Waals surface area (Å²) in [4.78, 5) is 16.1. The monoisotopic (exact) mass is 398 g/mol. The normalized spacial score (nSPS) is 17.4. The van der Waals surface area contributed by atoms with Crippen LogP contribution in [-0.2, 0) is 11.3 Å². The van der Waals surface area contributed by atoms with Crippen molar-refractivity contribution in [3.63, 3.8) is 0 Å². The third kappa shape index (κ3) is 4.93. The predicted molar refractivity (Wildman–Crippen MR) is 105 cm³/mol. The average molecular weight is 398 g/mol. The molecular weight excluding hydrogens is 376 g/mol. The number of nitrogens with one attached hydrogen (secondary N) is 1. The van der Waals surface area contributed by atoms with E-state index in [0.29, 0.717) is 5.75 Å². The van der Waals surface area contributed by atoms with E-state index in [2.05, 4.69) is 43.3 Å². The van der Waals surface area contributed by atoms with Crippen molar-refractivity contribution in [2.45, 2.75) is 25.4 Å². The molecule has 1 aromatic carbocycles. The summed E-state index contributed by atoms with van der Waals surface area (Å²) in [6, 6.07) is 11.7. The molecule has 1 saturated heterocycles. The maximum absolute atomic E-state index is 12.3. The van der Waals surface area contributed by atoms with Crippen molar-refractivity contribution in [2.75, 3.05) is 19.7 Å². The Morgan fingerprint density at radius 2 is 2.29 bits per heavy atom. The van der Waals surface area contributed by atoms with Crippen LogP contribution in [-0.4, -0.2) is 56.8 Å². The Hall–Kier alpha value is -2.78. The van der Waals surface area contributed by atoms with Crippen LogP contribution in [0.5, 0.6) is 5.75 Å². The van der Waals surface area contributed by atoms with Crippen LogP contribution in [0.4, 0.5) is 0 Å². The molecule has 0 saturated carbocycles. The number of benzene rings is 1. The van der Waals surface area contributed by atoms with Crippen molar-refractivity contribution >= 4 is 17.2 Å². The quantitative estimate of drug-likeness (QED) is 0.654. The smallest absolute Gasteiger partial charge is 0.258 e. The van der Waals surface area contributed by atoms with E-state index in [1.807, 2.05) is 18.2 Å². The lowest BCUT2D eigenvalue weighted by Gasteiger charge is -2.32. The minimum Gasteiger partial charge on any atom is -0.484 e. The van der Waals surface area contributed by atoms with E-state index in [1.165, 1.54) is 15.9 Å². The van der Waals surface area contributed by atoms with Gasteiger partial charge in [0, 0.05) is 30.1 Å². The number of nitrogens with zero attached hydrogens (tertiary/aromatic N) is 5. The van der Waals surface area contributed by atoms with Gasteiger partial charge in [-0.05, 0) is 53.4 Å². The van der Waals surface area contributed by atoms with Gasteiger partial charge in [-0.2, -0.15) is 0 Å². The highest BCUT2D eigenvalue weighted by Crippen LogP contribution is 2.17. The van der Waals surface area contributed by atoms with E-state index in [0.717, 1.165) is 38.2 Å². The number of hydrogen-bond donors (Lipinski definition) is 1. The van der Waals surface area contributed by atoms with Crippen LogP contribution in [0.15, 0.2) is 48.1 Å². The molecule has 1 atom stereocenters. The van der Waals surface area contributed by atoms with Crippen molar-refractivity contribution < 1.29 is 9.53 Å². The van der Waals surface area contributed by atoms with Crippen LogP contribution >= 0.6 is 11.3 Å². The molecule has 3 aromatic rings. The first kappa shape index (κ1) is 18.6. The topological polar surface area (TPSA) is 85.2 Å². The van der Waals surface area contributed by atoms with Gasteiger partial charge in [0.25, 0.3) is 5.91 Å². The standard InChI is InChI=1S/C19H22N6O2S/c26-19(13-27-17-6-1-5-16(10-17)25-14-20-22-23-25)21-15-4-2-8-24(11-15)12-18-7-3-9-28-18/h1,3,5-7,9-10,14-15H,2,4,8,11-13H2,(H,21,26). The van der Waals surface area contributed by atoms with Crippen molar-refractivity contribution in [2.24, 2.45) is 0 Å².